The zero-order valence-electron chi connectivity index (χ0n) is 11.5. The molecule has 0 spiro atoms. The van der Waals surface area contributed by atoms with E-state index in [9.17, 15) is 14.9 Å². The third kappa shape index (κ3) is 6.52. The van der Waals surface area contributed by atoms with Crippen LogP contribution < -0.4 is 0 Å². The molecule has 0 radical (unpaired) electrons. The van der Waals surface area contributed by atoms with E-state index < -0.39 is 10.9 Å². The number of aromatic carboxylic acids is 1. The summed E-state index contributed by atoms with van der Waals surface area (Å²) in [6.07, 6.45) is 0. The van der Waals surface area contributed by atoms with Gasteiger partial charge >= 0.3 is 5.97 Å². The third-order valence-corrected chi connectivity index (χ3v) is 2.65. The predicted octanol–water partition coefficient (Wildman–Crippen LogP) is 2.64. The Morgan fingerprint density at radius 1 is 1.26 bits per heavy atom. The summed E-state index contributed by atoms with van der Waals surface area (Å²) in [5, 5.41) is 18.7. The minimum absolute atomic E-state index is 0.0794. The average Bonchev–Trinajstić information content (AvgIpc) is 2.41. The second-order valence-corrected chi connectivity index (χ2v) is 3.73. The van der Waals surface area contributed by atoms with Crippen molar-refractivity contribution in [2.45, 2.75) is 20.8 Å². The van der Waals surface area contributed by atoms with Gasteiger partial charge in [-0.2, -0.15) is 0 Å². The first kappa shape index (κ1) is 17.1. The number of carboxylic acid groups (broad SMARTS) is 1. The van der Waals surface area contributed by atoms with Crippen molar-refractivity contribution >= 4 is 11.7 Å². The van der Waals surface area contributed by atoms with Crippen molar-refractivity contribution in [3.63, 3.8) is 0 Å². The van der Waals surface area contributed by atoms with Gasteiger partial charge in [0.1, 0.15) is 0 Å². The fourth-order valence-corrected chi connectivity index (χ4v) is 1.42. The molecule has 0 heterocycles. The molecule has 1 N–H and O–H groups in total. The molecule has 0 aliphatic heterocycles. The summed E-state index contributed by atoms with van der Waals surface area (Å²) in [5.74, 6) is -1.17. The second-order valence-electron chi connectivity index (χ2n) is 3.73. The van der Waals surface area contributed by atoms with E-state index in [4.69, 9.17) is 5.11 Å². The number of benzene rings is 1. The standard InChI is InChI=1S/C7H5NO4.C6H15N/c9-7(10)5-2-1-3-6(4-5)8(11)12;1-4-7(5-2)6-3/h1-4H,(H,9,10);4-6H2,1-3H3. The molecule has 0 saturated heterocycles. The summed E-state index contributed by atoms with van der Waals surface area (Å²) in [5.41, 5.74) is -0.292. The largest absolute Gasteiger partial charge is 0.478 e. The number of rotatable bonds is 5. The van der Waals surface area contributed by atoms with Crippen molar-refractivity contribution in [3.05, 3.63) is 39.9 Å². The van der Waals surface area contributed by atoms with Gasteiger partial charge in [-0.15, -0.1) is 0 Å². The molecule has 0 aromatic heterocycles. The Bertz CT molecular complexity index is 382. The Balaban J connectivity index is 0.000000399. The van der Waals surface area contributed by atoms with E-state index in [0.717, 1.165) is 6.07 Å². The van der Waals surface area contributed by atoms with Gasteiger partial charge in [0.25, 0.3) is 5.69 Å². The number of non-ortho nitro benzene ring substituents is 1. The van der Waals surface area contributed by atoms with Crippen molar-refractivity contribution in [3.8, 4) is 0 Å². The second kappa shape index (κ2) is 9.04. The van der Waals surface area contributed by atoms with Crippen molar-refractivity contribution in [2.75, 3.05) is 19.6 Å². The molecule has 1 rings (SSSR count). The van der Waals surface area contributed by atoms with Crippen LogP contribution in [-0.4, -0.2) is 40.5 Å². The maximum atomic E-state index is 10.4. The van der Waals surface area contributed by atoms with Crippen LogP contribution in [0.3, 0.4) is 0 Å². The highest BCUT2D eigenvalue weighted by atomic mass is 16.6. The molecule has 0 unspecified atom stereocenters. The van der Waals surface area contributed by atoms with Crippen LogP contribution >= 0.6 is 0 Å². The number of nitrogens with zero attached hydrogens (tertiary/aromatic N) is 2. The number of nitro benzene ring substituents is 1. The lowest BCUT2D eigenvalue weighted by atomic mass is 10.2. The number of hydrogen-bond donors (Lipinski definition) is 1. The lowest BCUT2D eigenvalue weighted by Gasteiger charge is -2.13. The van der Waals surface area contributed by atoms with E-state index in [-0.39, 0.29) is 11.3 Å². The minimum Gasteiger partial charge on any atom is -0.478 e. The van der Waals surface area contributed by atoms with Crippen LogP contribution in [0.5, 0.6) is 0 Å². The Kier molecular flexibility index (Phi) is 8.12. The van der Waals surface area contributed by atoms with Crippen LogP contribution in [0, 0.1) is 10.1 Å². The number of carbonyl (C=O) groups is 1. The summed E-state index contributed by atoms with van der Waals surface area (Å²) in [7, 11) is 0. The van der Waals surface area contributed by atoms with Gasteiger partial charge in [0.05, 0.1) is 10.5 Å². The summed E-state index contributed by atoms with van der Waals surface area (Å²) < 4.78 is 0. The topological polar surface area (TPSA) is 83.7 Å². The van der Waals surface area contributed by atoms with E-state index >= 15 is 0 Å². The molecule has 1 aromatic rings. The van der Waals surface area contributed by atoms with E-state index in [1.807, 2.05) is 0 Å². The van der Waals surface area contributed by atoms with E-state index in [0.29, 0.717) is 0 Å². The predicted molar refractivity (Wildman–Crippen MR) is 73.5 cm³/mol. The van der Waals surface area contributed by atoms with E-state index in [1.165, 1.54) is 37.8 Å². The lowest BCUT2D eigenvalue weighted by molar-refractivity contribution is -0.384. The zero-order chi connectivity index (χ0) is 14.8. The van der Waals surface area contributed by atoms with Gasteiger partial charge in [-0.3, -0.25) is 10.1 Å². The van der Waals surface area contributed by atoms with Crippen LogP contribution in [0.15, 0.2) is 24.3 Å². The molecule has 0 saturated carbocycles. The van der Waals surface area contributed by atoms with Crippen LogP contribution in [0.1, 0.15) is 31.1 Å². The summed E-state index contributed by atoms with van der Waals surface area (Å²) in [6.45, 7) is 10.1. The third-order valence-electron chi connectivity index (χ3n) is 2.65. The SMILES string of the molecule is CCN(CC)CC.O=C(O)c1cccc([N+](=O)[O-])c1. The molecule has 106 valence electrons. The molecule has 1 aromatic carbocycles. The highest BCUT2D eigenvalue weighted by Gasteiger charge is 2.09. The average molecular weight is 268 g/mol. The maximum absolute atomic E-state index is 10.4. The Labute approximate surface area is 112 Å². The summed E-state index contributed by atoms with van der Waals surface area (Å²) in [6, 6.07) is 4.89. The van der Waals surface area contributed by atoms with Gasteiger partial charge in [0, 0.05) is 12.1 Å². The Morgan fingerprint density at radius 3 is 2.11 bits per heavy atom. The lowest BCUT2D eigenvalue weighted by Crippen LogP contribution is -2.21. The highest BCUT2D eigenvalue weighted by molar-refractivity contribution is 5.88. The number of nitro groups is 1. The Hall–Kier alpha value is -1.95. The smallest absolute Gasteiger partial charge is 0.335 e. The molecule has 0 atom stereocenters. The van der Waals surface area contributed by atoms with Crippen molar-refractivity contribution < 1.29 is 14.8 Å². The fourth-order valence-electron chi connectivity index (χ4n) is 1.42. The normalized spacial score (nSPS) is 9.68. The molecule has 19 heavy (non-hydrogen) atoms. The first-order chi connectivity index (χ1) is 8.96. The molecule has 6 heteroatoms. The summed E-state index contributed by atoms with van der Waals surface area (Å²) >= 11 is 0. The van der Waals surface area contributed by atoms with Gasteiger partial charge in [-0.1, -0.05) is 26.8 Å². The van der Waals surface area contributed by atoms with Gasteiger partial charge in [-0.05, 0) is 25.7 Å². The molecular weight excluding hydrogens is 248 g/mol. The van der Waals surface area contributed by atoms with Gasteiger partial charge in [-0.25, -0.2) is 4.79 Å². The van der Waals surface area contributed by atoms with Gasteiger partial charge in [0.15, 0.2) is 0 Å². The highest BCUT2D eigenvalue weighted by Crippen LogP contribution is 2.12. The first-order valence-corrected chi connectivity index (χ1v) is 6.16. The minimum atomic E-state index is -1.17. The van der Waals surface area contributed by atoms with Crippen molar-refractivity contribution in [2.24, 2.45) is 0 Å². The zero-order valence-corrected chi connectivity index (χ0v) is 11.5. The molecular formula is C13H20N2O4. The van der Waals surface area contributed by atoms with Gasteiger partial charge < -0.3 is 10.0 Å². The molecule has 0 aliphatic carbocycles. The van der Waals surface area contributed by atoms with Crippen LogP contribution in [0.2, 0.25) is 0 Å². The maximum Gasteiger partial charge on any atom is 0.335 e. The summed E-state index contributed by atoms with van der Waals surface area (Å²) in [4.78, 5) is 22.3. The van der Waals surface area contributed by atoms with E-state index in [2.05, 4.69) is 25.7 Å². The van der Waals surface area contributed by atoms with Gasteiger partial charge in [0.2, 0.25) is 0 Å². The first-order valence-electron chi connectivity index (χ1n) is 6.16. The molecule has 0 bridgehead atoms. The van der Waals surface area contributed by atoms with Crippen molar-refractivity contribution in [1.82, 2.24) is 4.90 Å². The Morgan fingerprint density at radius 2 is 1.79 bits per heavy atom. The number of hydrogen-bond acceptors (Lipinski definition) is 4. The van der Waals surface area contributed by atoms with Crippen LogP contribution in [-0.2, 0) is 0 Å². The number of carboxylic acids is 1. The fraction of sp³-hybridized carbons (Fsp3) is 0.462. The molecule has 0 fully saturated rings. The monoisotopic (exact) mass is 268 g/mol. The van der Waals surface area contributed by atoms with Crippen LogP contribution in [0.25, 0.3) is 0 Å². The van der Waals surface area contributed by atoms with Crippen LogP contribution in [0.4, 0.5) is 5.69 Å². The van der Waals surface area contributed by atoms with Crippen molar-refractivity contribution in [1.29, 1.82) is 0 Å². The van der Waals surface area contributed by atoms with E-state index in [1.54, 1.807) is 0 Å². The quantitative estimate of drug-likeness (QED) is 0.655. The molecule has 0 aliphatic rings. The molecule has 6 nitrogen and oxygen atoms in total. The molecule has 0 amide bonds.